The Kier molecular flexibility index (Phi) is 5.24. The molecular formula is C19H22F3N3O2S. The molecule has 0 amide bonds. The van der Waals surface area contributed by atoms with Crippen LogP contribution in [0.5, 0.6) is 0 Å². The highest BCUT2D eigenvalue weighted by atomic mass is 32.1. The van der Waals surface area contributed by atoms with E-state index >= 15 is 0 Å². The van der Waals surface area contributed by atoms with Gasteiger partial charge in [-0.1, -0.05) is 0 Å². The number of hydrogen-bond acceptors (Lipinski definition) is 5. The van der Waals surface area contributed by atoms with Crippen molar-refractivity contribution in [3.63, 3.8) is 0 Å². The number of rotatable bonds is 4. The highest BCUT2D eigenvalue weighted by molar-refractivity contribution is 7.17. The molecule has 1 aliphatic carbocycles. The van der Waals surface area contributed by atoms with Gasteiger partial charge in [-0.3, -0.25) is 4.68 Å². The molecule has 0 radical (unpaired) electrons. The van der Waals surface area contributed by atoms with Crippen LogP contribution in [0.15, 0.2) is 17.2 Å². The third-order valence-electron chi connectivity index (χ3n) is 6.04. The van der Waals surface area contributed by atoms with Crippen molar-refractivity contribution in [2.45, 2.75) is 56.8 Å². The van der Waals surface area contributed by atoms with Gasteiger partial charge >= 0.3 is 6.18 Å². The van der Waals surface area contributed by atoms with Crippen molar-refractivity contribution in [2.24, 2.45) is 5.92 Å². The van der Waals surface area contributed by atoms with E-state index in [2.05, 4.69) is 10.00 Å². The molecule has 1 N–H and O–H groups in total. The molecular weight excluding hydrogens is 391 g/mol. The Morgan fingerprint density at radius 2 is 2.04 bits per heavy atom. The van der Waals surface area contributed by atoms with Crippen LogP contribution in [0.4, 0.5) is 13.2 Å². The van der Waals surface area contributed by atoms with Crippen LogP contribution in [0.2, 0.25) is 0 Å². The van der Waals surface area contributed by atoms with Crippen LogP contribution in [0.1, 0.15) is 43.7 Å². The third kappa shape index (κ3) is 3.83. The van der Waals surface area contributed by atoms with Gasteiger partial charge in [0.1, 0.15) is 6.54 Å². The number of alkyl halides is 3. The Morgan fingerprint density at radius 1 is 1.29 bits per heavy atom. The Morgan fingerprint density at radius 3 is 2.71 bits per heavy atom. The van der Waals surface area contributed by atoms with Crippen molar-refractivity contribution in [1.29, 1.82) is 0 Å². The van der Waals surface area contributed by atoms with Crippen LogP contribution < -0.4 is 0 Å². The summed E-state index contributed by atoms with van der Waals surface area (Å²) in [5, 5.41) is 15.8. The van der Waals surface area contributed by atoms with Gasteiger partial charge in [0, 0.05) is 17.9 Å². The Bertz CT molecular complexity index is 892. The number of nitrogens with zero attached hydrogens (tertiary/aromatic N) is 3. The van der Waals surface area contributed by atoms with Gasteiger partial charge in [-0.05, 0) is 56.6 Å². The zero-order chi connectivity index (χ0) is 19.9. The normalized spacial score (nSPS) is 24.7. The maximum atomic E-state index is 12.9. The predicted molar refractivity (Wildman–Crippen MR) is 100 cm³/mol. The second kappa shape index (κ2) is 7.54. The lowest BCUT2D eigenvalue weighted by Crippen LogP contribution is -2.40. The lowest BCUT2D eigenvalue weighted by atomic mass is 9.92. The zero-order valence-corrected chi connectivity index (χ0v) is 16.1. The first-order chi connectivity index (χ1) is 13.4. The minimum absolute atomic E-state index is 0.0935. The second-order valence-electron chi connectivity index (χ2n) is 7.75. The molecule has 0 aromatic carbocycles. The number of likely N-dealkylation sites (tertiary alicyclic amines) is 1. The molecule has 1 saturated carbocycles. The van der Waals surface area contributed by atoms with E-state index in [4.69, 9.17) is 0 Å². The van der Waals surface area contributed by atoms with E-state index < -0.39 is 12.7 Å². The van der Waals surface area contributed by atoms with Crippen molar-refractivity contribution < 1.29 is 23.1 Å². The van der Waals surface area contributed by atoms with Gasteiger partial charge in [0.2, 0.25) is 0 Å². The van der Waals surface area contributed by atoms with Crippen molar-refractivity contribution >= 4 is 27.5 Å². The molecule has 0 spiro atoms. The lowest BCUT2D eigenvalue weighted by Gasteiger charge is -2.35. The van der Waals surface area contributed by atoms with Gasteiger partial charge in [0.05, 0.1) is 15.9 Å². The number of aliphatic hydroxyl groups excluding tert-OH is 1. The van der Waals surface area contributed by atoms with E-state index in [-0.39, 0.29) is 17.6 Å². The molecule has 2 aromatic heterocycles. The first kappa shape index (κ1) is 19.5. The summed E-state index contributed by atoms with van der Waals surface area (Å²) in [6.07, 6.45) is -0.0810. The molecule has 1 saturated heterocycles. The smallest absolute Gasteiger partial charge is 0.408 e. The molecule has 28 heavy (non-hydrogen) atoms. The zero-order valence-electron chi connectivity index (χ0n) is 15.3. The topological polar surface area (TPSA) is 58.4 Å². The number of aliphatic hydroxyl groups is 1. The molecule has 2 unspecified atom stereocenters. The van der Waals surface area contributed by atoms with E-state index in [0.717, 1.165) is 60.3 Å². The number of hydrogen-bond donors (Lipinski definition) is 1. The van der Waals surface area contributed by atoms with Gasteiger partial charge < -0.3 is 10.0 Å². The lowest BCUT2D eigenvalue weighted by molar-refractivity contribution is -0.141. The average Bonchev–Trinajstić information content (AvgIpc) is 3.38. The number of piperidine rings is 1. The van der Waals surface area contributed by atoms with Crippen molar-refractivity contribution in [3.05, 3.63) is 22.9 Å². The molecule has 2 aliphatic rings. The molecule has 9 heteroatoms. The summed E-state index contributed by atoms with van der Waals surface area (Å²) >= 11 is 1.46. The molecule has 5 nitrogen and oxygen atoms in total. The Balaban J connectivity index is 1.43. The highest BCUT2D eigenvalue weighted by Gasteiger charge is 2.35. The van der Waals surface area contributed by atoms with Crippen molar-refractivity contribution in [1.82, 2.24) is 14.7 Å². The van der Waals surface area contributed by atoms with Gasteiger partial charge in [0.15, 0.2) is 11.7 Å². The fraction of sp³-hybridized carbons (Fsp3) is 0.632. The van der Waals surface area contributed by atoms with E-state index in [0.29, 0.717) is 11.6 Å². The summed E-state index contributed by atoms with van der Waals surface area (Å²) in [5.74, 6) is 1.50. The van der Waals surface area contributed by atoms with E-state index in [1.807, 2.05) is 5.38 Å². The van der Waals surface area contributed by atoms with Crippen LogP contribution >= 0.6 is 11.3 Å². The number of carbonyl (C=O) groups excluding carboxylic acids is 1. The summed E-state index contributed by atoms with van der Waals surface area (Å²) in [7, 11) is 0. The van der Waals surface area contributed by atoms with Gasteiger partial charge in [0.25, 0.3) is 0 Å². The van der Waals surface area contributed by atoms with Crippen LogP contribution in [0, 0.1) is 5.92 Å². The van der Waals surface area contributed by atoms with E-state index in [1.165, 1.54) is 11.3 Å². The molecule has 0 bridgehead atoms. The van der Waals surface area contributed by atoms with Gasteiger partial charge in [-0.2, -0.15) is 18.3 Å². The SMILES string of the molecule is O=C=C(O)C1CCC(N2CCC(c3nn(CC(F)(F)F)c4ccsc34)CC2)C1. The highest BCUT2D eigenvalue weighted by Crippen LogP contribution is 2.39. The summed E-state index contributed by atoms with van der Waals surface area (Å²) in [5.41, 5.74) is 1.36. The third-order valence-corrected chi connectivity index (χ3v) is 6.97. The number of halogens is 3. The molecule has 2 aromatic rings. The van der Waals surface area contributed by atoms with Crippen LogP contribution in [-0.4, -0.2) is 51.0 Å². The van der Waals surface area contributed by atoms with Gasteiger partial charge in [-0.15, -0.1) is 11.3 Å². The van der Waals surface area contributed by atoms with Gasteiger partial charge in [-0.25, -0.2) is 4.79 Å². The maximum Gasteiger partial charge on any atom is 0.408 e. The molecule has 3 heterocycles. The average molecular weight is 413 g/mol. The fourth-order valence-corrected chi connectivity index (χ4v) is 5.60. The van der Waals surface area contributed by atoms with E-state index in [1.54, 1.807) is 12.0 Å². The molecule has 152 valence electrons. The quantitative estimate of drug-likeness (QED) is 0.600. The molecule has 1 aliphatic heterocycles. The van der Waals surface area contributed by atoms with Crippen LogP contribution in [0.25, 0.3) is 10.2 Å². The largest absolute Gasteiger partial charge is 0.502 e. The predicted octanol–water partition coefficient (Wildman–Crippen LogP) is 4.28. The summed E-state index contributed by atoms with van der Waals surface area (Å²) in [4.78, 5) is 13.0. The minimum atomic E-state index is -4.29. The van der Waals surface area contributed by atoms with Crippen molar-refractivity contribution in [2.75, 3.05) is 13.1 Å². The summed E-state index contributed by atoms with van der Waals surface area (Å²) < 4.78 is 40.5. The second-order valence-corrected chi connectivity index (χ2v) is 8.67. The Hall–Kier alpha value is -1.83. The number of aromatic nitrogens is 2. The molecule has 2 atom stereocenters. The minimum Gasteiger partial charge on any atom is -0.502 e. The van der Waals surface area contributed by atoms with Crippen LogP contribution in [0.3, 0.4) is 0 Å². The summed E-state index contributed by atoms with van der Waals surface area (Å²) in [6, 6.07) is 2.05. The number of allylic oxidation sites excluding steroid dienone is 1. The van der Waals surface area contributed by atoms with Crippen LogP contribution in [-0.2, 0) is 11.3 Å². The number of thiophene rings is 1. The van der Waals surface area contributed by atoms with E-state index in [9.17, 15) is 23.1 Å². The Labute approximate surface area is 164 Å². The first-order valence-electron chi connectivity index (χ1n) is 9.54. The summed E-state index contributed by atoms with van der Waals surface area (Å²) in [6.45, 7) is 0.648. The molecule has 4 rings (SSSR count). The monoisotopic (exact) mass is 413 g/mol. The standard InChI is InChI=1S/C19H22F3N3O2S/c20-19(21,22)11-25-15-5-8-28-18(15)17(23-25)12-3-6-24(7-4-12)14-2-1-13(9-14)16(27)10-26/h5,8,12-14,27H,1-4,6-7,9,11H2. The van der Waals surface area contributed by atoms with Crippen molar-refractivity contribution in [3.8, 4) is 0 Å². The first-order valence-corrected chi connectivity index (χ1v) is 10.4. The molecule has 2 fully saturated rings. The fourth-order valence-electron chi connectivity index (χ4n) is 4.64. The maximum absolute atomic E-state index is 12.9. The number of fused-ring (bicyclic) bond motifs is 1.